The molecule has 0 aromatic heterocycles. The molecule has 0 heteroatoms. The lowest BCUT2D eigenvalue weighted by atomic mass is 10.4. The van der Waals surface area contributed by atoms with E-state index in [1.54, 1.807) is 0 Å². The highest BCUT2D eigenvalue weighted by Gasteiger charge is 1.56. The molecule has 0 saturated carbocycles. The first-order valence-corrected chi connectivity index (χ1v) is 7.83. The van der Waals surface area contributed by atoms with Crippen molar-refractivity contribution in [3.05, 3.63) is 0 Å². The molecule has 0 spiro atoms. The summed E-state index contributed by atoms with van der Waals surface area (Å²) in [6, 6.07) is 0. The van der Waals surface area contributed by atoms with Gasteiger partial charge in [-0.15, -0.1) is 0 Å². The zero-order valence-electron chi connectivity index (χ0n) is 14.8. The molecule has 0 atom stereocenters. The summed E-state index contributed by atoms with van der Waals surface area (Å²) in [6.07, 6.45) is 5.28. The average Bonchev–Trinajstić information content (AvgIpc) is 2.47. The lowest BCUT2D eigenvalue weighted by Gasteiger charge is -1.68. The summed E-state index contributed by atoms with van der Waals surface area (Å²) < 4.78 is 0. The van der Waals surface area contributed by atoms with Crippen LogP contribution < -0.4 is 0 Å². The second-order valence-corrected chi connectivity index (χ2v) is 2.00. The van der Waals surface area contributed by atoms with Crippen LogP contribution in [0.2, 0.25) is 0 Å². The van der Waals surface area contributed by atoms with Crippen LogP contribution in [-0.2, 0) is 0 Å². The van der Waals surface area contributed by atoms with Crippen molar-refractivity contribution in [2.75, 3.05) is 0 Å². The number of hydrogen-bond donors (Lipinski definition) is 0. The van der Waals surface area contributed by atoms with Crippen LogP contribution in [0.3, 0.4) is 0 Å². The van der Waals surface area contributed by atoms with Crippen molar-refractivity contribution in [2.45, 2.75) is 153 Å². The highest BCUT2D eigenvalue weighted by molar-refractivity contribution is 4.13. The van der Waals surface area contributed by atoms with Crippen LogP contribution in [0.5, 0.6) is 0 Å². The largest absolute Gasteiger partial charge is 0.0776 e. The lowest BCUT2D eigenvalue weighted by molar-refractivity contribution is 0.886. The van der Waals surface area contributed by atoms with Crippen molar-refractivity contribution in [3.63, 3.8) is 0 Å². The van der Waals surface area contributed by atoms with Gasteiger partial charge in [-0.25, -0.2) is 0 Å². The van der Waals surface area contributed by atoms with Gasteiger partial charge in [0.1, 0.15) is 0 Å². The summed E-state index contributed by atoms with van der Waals surface area (Å²) in [4.78, 5) is 0. The van der Waals surface area contributed by atoms with E-state index in [0.29, 0.717) is 0 Å². The average molecular weight is 333 g/mol. The molecule has 0 aliphatic carbocycles. The fourth-order valence-corrected chi connectivity index (χ4v) is 0. The molecule has 0 unspecified atom stereocenters. The maximum atomic E-state index is 2.18. The molecule has 0 aromatic carbocycles. The Morgan fingerprint density at radius 1 is 0.273 bits per heavy atom. The van der Waals surface area contributed by atoms with Crippen LogP contribution in [0, 0.1) is 0 Å². The molecule has 0 N–H and O–H groups in total. The van der Waals surface area contributed by atoms with Crippen molar-refractivity contribution in [2.24, 2.45) is 0 Å². The van der Waals surface area contributed by atoms with E-state index in [-0.39, 0.29) is 44.6 Å². The van der Waals surface area contributed by atoms with Crippen LogP contribution >= 0.6 is 0 Å². The molecule has 0 aliphatic heterocycles. The zero-order chi connectivity index (χ0) is 14.8. The molecule has 0 nitrogen and oxygen atoms in total. The summed E-state index contributed by atoms with van der Waals surface area (Å²) in [7, 11) is 0. The van der Waals surface area contributed by atoms with Gasteiger partial charge in [-0.2, -0.15) is 0 Å². The summed E-state index contributed by atoms with van der Waals surface area (Å²) in [5.41, 5.74) is 0. The summed E-state index contributed by atoms with van der Waals surface area (Å²) in [5, 5.41) is 0. The molecule has 0 heterocycles. The molecule has 0 saturated heterocycles. The predicted molar refractivity (Wildman–Crippen MR) is 127 cm³/mol. The summed E-state index contributed by atoms with van der Waals surface area (Å²) in [5.74, 6) is 0. The normalized spacial score (nSPS) is 3.82. The van der Waals surface area contributed by atoms with Gasteiger partial charge < -0.3 is 0 Å². The smallest absolute Gasteiger partial charge is 0.0564 e. The molecule has 0 radical (unpaired) electrons. The number of rotatable bonds is 2. The van der Waals surface area contributed by atoms with E-state index in [4.69, 9.17) is 0 Å². The van der Waals surface area contributed by atoms with Gasteiger partial charge in [-0.1, -0.05) is 153 Å². The lowest BCUT2D eigenvalue weighted by Crippen LogP contribution is -1.47. The van der Waals surface area contributed by atoms with Crippen molar-refractivity contribution >= 4 is 0 Å². The standard InChI is InChI=1S/2C4H10.4C2H6.6CH4/c2*1-3-4-2;4*1-2;;;;;;/h2*3-4H2,1-2H3;4*1-2H3;6*1H4. The number of hydrogen-bond acceptors (Lipinski definition) is 0. The van der Waals surface area contributed by atoms with E-state index in [1.807, 2.05) is 55.4 Å². The molecular formula is C22H68. The quantitative estimate of drug-likeness (QED) is 0.471. The topological polar surface area (TPSA) is 0 Å². The van der Waals surface area contributed by atoms with Crippen LogP contribution in [0.15, 0.2) is 0 Å². The van der Waals surface area contributed by atoms with Gasteiger partial charge in [0.2, 0.25) is 0 Å². The fourth-order valence-electron chi connectivity index (χ4n) is 0. The Morgan fingerprint density at radius 2 is 0.318 bits per heavy atom. The Hall–Kier alpha value is 0. The Morgan fingerprint density at radius 3 is 0.318 bits per heavy atom. The van der Waals surface area contributed by atoms with E-state index < -0.39 is 0 Å². The minimum absolute atomic E-state index is 0. The minimum Gasteiger partial charge on any atom is -0.0776 e. The third kappa shape index (κ3) is 1800. The van der Waals surface area contributed by atoms with Gasteiger partial charge in [0.25, 0.3) is 0 Å². The molecule has 0 rings (SSSR count). The van der Waals surface area contributed by atoms with Crippen LogP contribution in [-0.4, -0.2) is 0 Å². The first-order chi connectivity index (χ1) is 7.83. The molecule has 0 aromatic rings. The first kappa shape index (κ1) is 97.0. The van der Waals surface area contributed by atoms with Gasteiger partial charge >= 0.3 is 0 Å². The summed E-state index contributed by atoms with van der Waals surface area (Å²) in [6.45, 7) is 24.7. The second-order valence-electron chi connectivity index (χ2n) is 2.00. The van der Waals surface area contributed by atoms with Gasteiger partial charge in [-0.3, -0.25) is 0 Å². The van der Waals surface area contributed by atoms with Crippen molar-refractivity contribution in [1.29, 1.82) is 0 Å². The van der Waals surface area contributed by atoms with E-state index >= 15 is 0 Å². The third-order valence-electron chi connectivity index (χ3n) is 1.000. The van der Waals surface area contributed by atoms with Crippen LogP contribution in [0.4, 0.5) is 0 Å². The molecule has 0 fully saturated rings. The Balaban J connectivity index is -0.00000000533. The molecule has 156 valence electrons. The SMILES string of the molecule is C.C.C.C.C.C.CC.CC.CC.CC.CCCC.CCCC. The Bertz CT molecular complexity index is 8.00. The Labute approximate surface area is 153 Å². The van der Waals surface area contributed by atoms with Gasteiger partial charge in [0.05, 0.1) is 0 Å². The highest BCUT2D eigenvalue weighted by atomic mass is 13.6. The maximum Gasteiger partial charge on any atom is -0.0564 e. The molecule has 0 bridgehead atoms. The van der Waals surface area contributed by atoms with Crippen LogP contribution in [0.1, 0.15) is 153 Å². The molecule has 22 heavy (non-hydrogen) atoms. The number of unbranched alkanes of at least 4 members (excludes halogenated alkanes) is 2. The molecule has 0 amide bonds. The van der Waals surface area contributed by atoms with E-state index in [9.17, 15) is 0 Å². The first-order valence-electron chi connectivity index (χ1n) is 7.83. The highest BCUT2D eigenvalue weighted by Crippen LogP contribution is 1.77. The van der Waals surface area contributed by atoms with E-state index in [0.717, 1.165) is 0 Å². The molecular weight excluding hydrogens is 264 g/mol. The second kappa shape index (κ2) is 525. The molecule has 0 aliphatic rings. The third-order valence-corrected chi connectivity index (χ3v) is 1.000. The monoisotopic (exact) mass is 333 g/mol. The van der Waals surface area contributed by atoms with Crippen molar-refractivity contribution < 1.29 is 0 Å². The van der Waals surface area contributed by atoms with E-state index in [1.165, 1.54) is 25.7 Å². The van der Waals surface area contributed by atoms with Crippen molar-refractivity contribution in [1.82, 2.24) is 0 Å². The van der Waals surface area contributed by atoms with Crippen molar-refractivity contribution in [3.8, 4) is 0 Å². The fraction of sp³-hybridized carbons (Fsp3) is 1.00. The van der Waals surface area contributed by atoms with E-state index in [2.05, 4.69) is 27.7 Å². The van der Waals surface area contributed by atoms with Gasteiger partial charge in [-0.05, 0) is 0 Å². The maximum absolute atomic E-state index is 2.18. The van der Waals surface area contributed by atoms with Crippen LogP contribution in [0.25, 0.3) is 0 Å². The predicted octanol–water partition coefficient (Wildman–Crippen LogP) is 11.5. The van der Waals surface area contributed by atoms with Gasteiger partial charge in [0, 0.05) is 0 Å². The van der Waals surface area contributed by atoms with Gasteiger partial charge in [0.15, 0.2) is 0 Å². The zero-order valence-corrected chi connectivity index (χ0v) is 14.8. The summed E-state index contributed by atoms with van der Waals surface area (Å²) >= 11 is 0. The Kier molecular flexibility index (Phi) is 2320. The minimum atomic E-state index is 0.